The second-order valence-corrected chi connectivity index (χ2v) is 9.86. The Kier molecular flexibility index (Phi) is 6.45. The molecule has 14 heteroatoms. The summed E-state index contributed by atoms with van der Waals surface area (Å²) in [5, 5.41) is 9.41. The molecule has 3 aliphatic heterocycles. The van der Waals surface area contributed by atoms with E-state index in [-0.39, 0.29) is 11.4 Å². The van der Waals surface area contributed by atoms with Gasteiger partial charge in [0.2, 0.25) is 0 Å². The fourth-order valence-electron chi connectivity index (χ4n) is 4.67. The van der Waals surface area contributed by atoms with Crippen molar-refractivity contribution in [3.05, 3.63) is 82.5 Å². The first-order valence-corrected chi connectivity index (χ1v) is 12.8. The quantitative estimate of drug-likeness (QED) is 0.307. The van der Waals surface area contributed by atoms with E-state index in [0.29, 0.717) is 36.3 Å². The maximum absolute atomic E-state index is 13.3. The normalized spacial score (nSPS) is 13.4. The molecular weight excluding hydrogens is 559 g/mol. The van der Waals surface area contributed by atoms with Gasteiger partial charge in [0, 0.05) is 49.2 Å². The van der Waals surface area contributed by atoms with Crippen LogP contribution in [0.25, 0.3) is 22.5 Å². The number of carbonyl (C=O) groups is 1. The first-order chi connectivity index (χ1) is 19.6. The number of amides is 1. The van der Waals surface area contributed by atoms with Crippen molar-refractivity contribution in [1.29, 1.82) is 0 Å². The number of halogens is 4. The van der Waals surface area contributed by atoms with E-state index in [1.807, 2.05) is 17.6 Å². The van der Waals surface area contributed by atoms with Crippen LogP contribution in [0.1, 0.15) is 21.5 Å². The highest BCUT2D eigenvalue weighted by Gasteiger charge is 2.34. The zero-order valence-corrected chi connectivity index (χ0v) is 22.4. The van der Waals surface area contributed by atoms with E-state index in [1.165, 1.54) is 0 Å². The number of fused-ring (bicyclic) bond motifs is 3. The van der Waals surface area contributed by atoms with Crippen LogP contribution < -0.4 is 16.3 Å². The molecular formula is C27H21ClF3N9O. The van der Waals surface area contributed by atoms with Gasteiger partial charge in [-0.25, -0.2) is 15.0 Å². The van der Waals surface area contributed by atoms with Crippen molar-refractivity contribution >= 4 is 34.8 Å². The van der Waals surface area contributed by atoms with Gasteiger partial charge in [-0.2, -0.15) is 23.3 Å². The highest BCUT2D eigenvalue weighted by atomic mass is 35.5. The number of benzene rings is 1. The van der Waals surface area contributed by atoms with Gasteiger partial charge in [0.25, 0.3) is 11.5 Å². The molecule has 0 spiro atoms. The van der Waals surface area contributed by atoms with Crippen LogP contribution in [0, 0.1) is 6.92 Å². The number of rotatable bonds is 4. The highest BCUT2D eigenvalue weighted by Crippen LogP contribution is 2.39. The van der Waals surface area contributed by atoms with Crippen LogP contribution in [0.4, 0.5) is 30.5 Å². The number of aryl methyl sites for hydroxylation is 2. The average Bonchev–Trinajstić information content (AvgIpc) is 3.58. The summed E-state index contributed by atoms with van der Waals surface area (Å²) < 4.78 is 43.5. The largest absolute Gasteiger partial charge is 0.418 e. The van der Waals surface area contributed by atoms with Crippen LogP contribution >= 0.6 is 11.6 Å². The summed E-state index contributed by atoms with van der Waals surface area (Å²) in [5.74, 6) is 0.644. The molecule has 0 fully saturated rings. The third kappa shape index (κ3) is 5.11. The first kappa shape index (κ1) is 26.4. The van der Waals surface area contributed by atoms with Crippen molar-refractivity contribution in [2.75, 3.05) is 17.2 Å². The molecule has 5 heterocycles. The minimum atomic E-state index is -4.69. The van der Waals surface area contributed by atoms with Gasteiger partial charge in [-0.05, 0) is 42.3 Å². The lowest BCUT2D eigenvalue weighted by atomic mass is 9.96. The van der Waals surface area contributed by atoms with E-state index < -0.39 is 22.7 Å². The number of aromatic nitrogens is 6. The lowest BCUT2D eigenvalue weighted by Crippen LogP contribution is -2.17. The van der Waals surface area contributed by atoms with Crippen LogP contribution in [0.3, 0.4) is 0 Å². The molecule has 0 bridgehead atoms. The van der Waals surface area contributed by atoms with Crippen LogP contribution in [0.5, 0.6) is 0 Å². The zero-order valence-electron chi connectivity index (χ0n) is 21.7. The molecule has 41 heavy (non-hydrogen) atoms. The van der Waals surface area contributed by atoms with Gasteiger partial charge >= 0.3 is 6.18 Å². The number of pyridine rings is 2. The van der Waals surface area contributed by atoms with E-state index in [2.05, 4.69) is 35.7 Å². The second-order valence-electron chi connectivity index (χ2n) is 9.45. The smallest absolute Gasteiger partial charge is 0.369 e. The van der Waals surface area contributed by atoms with Crippen LogP contribution in [-0.4, -0.2) is 41.8 Å². The molecule has 6 rings (SSSR count). The van der Waals surface area contributed by atoms with Crippen LogP contribution in [0.2, 0.25) is 5.02 Å². The molecule has 0 saturated heterocycles. The van der Waals surface area contributed by atoms with Gasteiger partial charge in [-0.3, -0.25) is 9.48 Å². The lowest BCUT2D eigenvalue weighted by Gasteiger charge is -2.18. The lowest BCUT2D eigenvalue weighted by molar-refractivity contribution is -0.137. The molecule has 208 valence electrons. The highest BCUT2D eigenvalue weighted by molar-refractivity contribution is 6.31. The molecule has 1 aromatic carbocycles. The van der Waals surface area contributed by atoms with E-state index in [1.54, 1.807) is 48.5 Å². The minimum Gasteiger partial charge on any atom is -0.369 e. The summed E-state index contributed by atoms with van der Waals surface area (Å²) in [6.45, 7) is 3.25. The van der Waals surface area contributed by atoms with Crippen molar-refractivity contribution in [1.82, 2.24) is 29.3 Å². The zero-order chi connectivity index (χ0) is 28.9. The summed E-state index contributed by atoms with van der Waals surface area (Å²) in [6.07, 6.45) is 1.26. The molecule has 0 unspecified atom stereocenters. The second kappa shape index (κ2) is 10.0. The fraction of sp³-hybridized carbons (Fsp3) is 0.185. The van der Waals surface area contributed by atoms with Crippen molar-refractivity contribution in [3.8, 4) is 22.5 Å². The SMILES string of the molecule is Cc1ccc(C(=O)Nc2cc(C(F)(F)F)c(Cl)cn2)cc1-c1cc2cnc(=Nc3cnn(C)c3)nc-2n2c1NCC2. The van der Waals surface area contributed by atoms with Crippen LogP contribution in [0.15, 0.2) is 60.1 Å². The fourth-order valence-corrected chi connectivity index (χ4v) is 4.88. The Morgan fingerprint density at radius 3 is 2.71 bits per heavy atom. The van der Waals surface area contributed by atoms with E-state index in [4.69, 9.17) is 11.6 Å². The van der Waals surface area contributed by atoms with Gasteiger partial charge in [0.1, 0.15) is 23.1 Å². The molecule has 0 radical (unpaired) electrons. The van der Waals surface area contributed by atoms with Crippen molar-refractivity contribution in [3.63, 3.8) is 0 Å². The Labute approximate surface area is 235 Å². The Hall–Kier alpha value is -4.78. The third-order valence-corrected chi connectivity index (χ3v) is 6.91. The Bertz CT molecular complexity index is 1860. The predicted molar refractivity (Wildman–Crippen MR) is 146 cm³/mol. The van der Waals surface area contributed by atoms with Crippen LogP contribution in [-0.2, 0) is 19.8 Å². The molecule has 2 aromatic heterocycles. The molecule has 3 aromatic rings. The summed E-state index contributed by atoms with van der Waals surface area (Å²) in [4.78, 5) is 30.4. The molecule has 0 atom stereocenters. The van der Waals surface area contributed by atoms with Gasteiger partial charge < -0.3 is 15.2 Å². The number of nitrogens with one attached hydrogen (secondary N) is 2. The number of carbonyl (C=O) groups excluding carboxylic acids is 1. The van der Waals surface area contributed by atoms with Gasteiger partial charge in [0.05, 0.1) is 23.0 Å². The number of nitrogens with zero attached hydrogens (tertiary/aromatic N) is 7. The number of alkyl halides is 3. The number of hydrogen-bond donors (Lipinski definition) is 2. The molecule has 3 aliphatic rings. The maximum atomic E-state index is 13.3. The van der Waals surface area contributed by atoms with Crippen molar-refractivity contribution in [2.24, 2.45) is 12.0 Å². The Morgan fingerprint density at radius 2 is 1.95 bits per heavy atom. The van der Waals surface area contributed by atoms with E-state index >= 15 is 0 Å². The summed E-state index contributed by atoms with van der Waals surface area (Å²) >= 11 is 5.65. The van der Waals surface area contributed by atoms with Gasteiger partial charge in [-0.15, -0.1) is 0 Å². The topological polar surface area (TPSA) is 115 Å². The van der Waals surface area contributed by atoms with Gasteiger partial charge in [0.15, 0.2) is 0 Å². The number of hydrogen-bond acceptors (Lipinski definition) is 7. The van der Waals surface area contributed by atoms with Crippen molar-refractivity contribution in [2.45, 2.75) is 19.6 Å². The Balaban J connectivity index is 1.38. The molecule has 2 N–H and O–H groups in total. The maximum Gasteiger partial charge on any atom is 0.418 e. The van der Waals surface area contributed by atoms with E-state index in [0.717, 1.165) is 34.3 Å². The van der Waals surface area contributed by atoms with Crippen molar-refractivity contribution < 1.29 is 18.0 Å². The standard InChI is InChI=1S/C27H21ClF3N9O/c1-14-3-4-15(25(41)37-22-9-20(27(29,30)31)21(28)12-33-22)7-18(14)19-8-16-10-34-26(36-17-11-35-39(2)13-17)38-23(16)40-6-5-32-24(19)40/h3-4,7-13,32H,5-6H2,1-2H3,(H,33,37,41). The minimum absolute atomic E-state index is 0.245. The summed E-state index contributed by atoms with van der Waals surface area (Å²) in [5.41, 5.74) is 3.37. The summed E-state index contributed by atoms with van der Waals surface area (Å²) in [6, 6.07) is 7.73. The first-order valence-electron chi connectivity index (χ1n) is 12.4. The molecule has 0 saturated carbocycles. The molecule has 1 amide bonds. The molecule has 0 aliphatic carbocycles. The monoisotopic (exact) mass is 579 g/mol. The van der Waals surface area contributed by atoms with Gasteiger partial charge in [-0.1, -0.05) is 17.7 Å². The Morgan fingerprint density at radius 1 is 1.12 bits per heavy atom. The van der Waals surface area contributed by atoms with E-state index in [9.17, 15) is 18.0 Å². The third-order valence-electron chi connectivity index (χ3n) is 6.60. The predicted octanol–water partition coefficient (Wildman–Crippen LogP) is 5.07. The molecule has 10 nitrogen and oxygen atoms in total. The number of anilines is 2. The summed E-state index contributed by atoms with van der Waals surface area (Å²) in [7, 11) is 1.80. The average molecular weight is 580 g/mol.